The molecule has 1 aromatic rings. The van der Waals surface area contributed by atoms with Gasteiger partial charge in [0.15, 0.2) is 5.78 Å². The molecule has 0 aliphatic carbocycles. The van der Waals surface area contributed by atoms with Gasteiger partial charge < -0.3 is 5.73 Å². The highest BCUT2D eigenvalue weighted by Crippen LogP contribution is 2.14. The largest absolute Gasteiger partial charge is 0.321 e. The van der Waals surface area contributed by atoms with Gasteiger partial charge in [0.1, 0.15) is 0 Å². The van der Waals surface area contributed by atoms with Crippen molar-refractivity contribution in [1.82, 2.24) is 0 Å². The number of carbonyl (C=O) groups excluding carboxylic acids is 1. The molecule has 0 saturated carbocycles. The first-order valence-corrected chi connectivity index (χ1v) is 6.48. The van der Waals surface area contributed by atoms with E-state index in [0.29, 0.717) is 0 Å². The normalized spacial score (nSPS) is 14.4. The van der Waals surface area contributed by atoms with Gasteiger partial charge in [-0.2, -0.15) is 0 Å². The second kappa shape index (κ2) is 6.55. The van der Waals surface area contributed by atoms with Crippen LogP contribution in [0.5, 0.6) is 0 Å². The van der Waals surface area contributed by atoms with Crippen molar-refractivity contribution < 1.29 is 4.79 Å². The highest BCUT2D eigenvalue weighted by molar-refractivity contribution is 6.00. The molecule has 2 heteroatoms. The Bertz CT molecular complexity index is 373. The molecule has 1 aromatic carbocycles. The molecule has 17 heavy (non-hydrogen) atoms. The molecular formula is C15H23NO. The quantitative estimate of drug-likeness (QED) is 0.767. The second-order valence-electron chi connectivity index (χ2n) is 4.73. The predicted octanol–water partition coefficient (Wildman–Crippen LogP) is 3.20. The van der Waals surface area contributed by atoms with Crippen LogP contribution in [0, 0.1) is 5.92 Å². The Morgan fingerprint density at radius 1 is 1.35 bits per heavy atom. The molecule has 0 spiro atoms. The third kappa shape index (κ3) is 3.67. The summed E-state index contributed by atoms with van der Waals surface area (Å²) in [5, 5.41) is 0. The topological polar surface area (TPSA) is 43.1 Å². The van der Waals surface area contributed by atoms with Gasteiger partial charge in [0.2, 0.25) is 0 Å². The maximum Gasteiger partial charge on any atom is 0.179 e. The maximum atomic E-state index is 12.2. The number of hydrogen-bond acceptors (Lipinski definition) is 2. The van der Waals surface area contributed by atoms with E-state index in [1.807, 2.05) is 25.1 Å². The summed E-state index contributed by atoms with van der Waals surface area (Å²) in [5.74, 6) is 0.301. The van der Waals surface area contributed by atoms with Gasteiger partial charge in [-0.15, -0.1) is 0 Å². The van der Waals surface area contributed by atoms with Crippen LogP contribution in [0.15, 0.2) is 24.3 Å². The molecule has 2 unspecified atom stereocenters. The summed E-state index contributed by atoms with van der Waals surface area (Å²) >= 11 is 0. The zero-order chi connectivity index (χ0) is 12.8. The van der Waals surface area contributed by atoms with Crippen molar-refractivity contribution in [2.75, 3.05) is 0 Å². The van der Waals surface area contributed by atoms with Gasteiger partial charge in [0.25, 0.3) is 0 Å². The minimum atomic E-state index is -0.378. The van der Waals surface area contributed by atoms with Crippen molar-refractivity contribution in [2.24, 2.45) is 11.7 Å². The van der Waals surface area contributed by atoms with E-state index in [1.54, 1.807) is 0 Å². The van der Waals surface area contributed by atoms with E-state index in [4.69, 9.17) is 5.73 Å². The van der Waals surface area contributed by atoms with Gasteiger partial charge in [0, 0.05) is 5.56 Å². The Labute approximate surface area is 104 Å². The Morgan fingerprint density at radius 3 is 2.65 bits per heavy atom. The number of rotatable bonds is 6. The van der Waals surface area contributed by atoms with E-state index in [2.05, 4.69) is 19.9 Å². The molecule has 0 heterocycles. The highest BCUT2D eigenvalue weighted by atomic mass is 16.1. The maximum absolute atomic E-state index is 12.2. The summed E-state index contributed by atoms with van der Waals surface area (Å²) in [6, 6.07) is 7.48. The third-order valence-corrected chi connectivity index (χ3v) is 3.31. The summed E-state index contributed by atoms with van der Waals surface area (Å²) < 4.78 is 0. The van der Waals surface area contributed by atoms with E-state index >= 15 is 0 Å². The van der Waals surface area contributed by atoms with Gasteiger partial charge in [0.05, 0.1) is 6.04 Å². The minimum absolute atomic E-state index is 0.0669. The van der Waals surface area contributed by atoms with Gasteiger partial charge in [-0.05, 0) is 24.0 Å². The molecular weight excluding hydrogens is 210 g/mol. The number of ketones is 1. The first-order chi connectivity index (χ1) is 8.10. The number of benzene rings is 1. The van der Waals surface area contributed by atoms with E-state index in [9.17, 15) is 4.79 Å². The van der Waals surface area contributed by atoms with Gasteiger partial charge in [-0.25, -0.2) is 0 Å². The molecule has 2 atom stereocenters. The number of aryl methyl sites for hydroxylation is 1. The minimum Gasteiger partial charge on any atom is -0.321 e. The fourth-order valence-corrected chi connectivity index (χ4v) is 1.87. The van der Waals surface area contributed by atoms with Crippen LogP contribution < -0.4 is 5.73 Å². The monoisotopic (exact) mass is 233 g/mol. The molecule has 0 aromatic heterocycles. The van der Waals surface area contributed by atoms with Crippen LogP contribution in [0.1, 0.15) is 49.5 Å². The molecule has 0 fully saturated rings. The number of Topliss-reactive ketones (excluding diaryl/α,β-unsaturated/α-hetero) is 1. The molecule has 0 bridgehead atoms. The predicted molar refractivity (Wildman–Crippen MR) is 72.2 cm³/mol. The molecule has 0 aliphatic heterocycles. The molecule has 0 saturated heterocycles. The zero-order valence-electron chi connectivity index (χ0n) is 11.1. The second-order valence-corrected chi connectivity index (χ2v) is 4.73. The van der Waals surface area contributed by atoms with E-state index in [1.165, 1.54) is 5.56 Å². The van der Waals surface area contributed by atoms with Crippen LogP contribution >= 0.6 is 0 Å². The molecule has 2 nitrogen and oxygen atoms in total. The number of nitrogens with two attached hydrogens (primary N) is 1. The Kier molecular flexibility index (Phi) is 5.36. The summed E-state index contributed by atoms with van der Waals surface area (Å²) in [6.07, 6.45) is 3.04. The van der Waals surface area contributed by atoms with Crippen molar-refractivity contribution >= 4 is 5.78 Å². The fourth-order valence-electron chi connectivity index (χ4n) is 1.87. The summed E-state index contributed by atoms with van der Waals surface area (Å²) in [7, 11) is 0. The highest BCUT2D eigenvalue weighted by Gasteiger charge is 2.20. The van der Waals surface area contributed by atoms with E-state index < -0.39 is 0 Å². The van der Waals surface area contributed by atoms with Crippen LogP contribution in [0.2, 0.25) is 0 Å². The van der Waals surface area contributed by atoms with E-state index in [0.717, 1.165) is 24.8 Å². The fraction of sp³-hybridized carbons (Fsp3) is 0.533. The average Bonchev–Trinajstić information content (AvgIpc) is 2.36. The summed E-state index contributed by atoms with van der Waals surface area (Å²) in [4.78, 5) is 12.2. The first kappa shape index (κ1) is 13.9. The van der Waals surface area contributed by atoms with Crippen LogP contribution in [0.25, 0.3) is 0 Å². The van der Waals surface area contributed by atoms with Gasteiger partial charge in [-0.1, -0.05) is 51.8 Å². The smallest absolute Gasteiger partial charge is 0.179 e. The van der Waals surface area contributed by atoms with Crippen LogP contribution in [0.3, 0.4) is 0 Å². The van der Waals surface area contributed by atoms with Gasteiger partial charge in [-0.3, -0.25) is 4.79 Å². The molecule has 94 valence electrons. The summed E-state index contributed by atoms with van der Waals surface area (Å²) in [5.41, 5.74) is 7.95. The molecule has 2 N–H and O–H groups in total. The molecule has 1 rings (SSSR count). The van der Waals surface area contributed by atoms with Crippen LogP contribution in [-0.2, 0) is 6.42 Å². The number of hydrogen-bond donors (Lipinski definition) is 1. The first-order valence-electron chi connectivity index (χ1n) is 6.48. The van der Waals surface area contributed by atoms with Crippen molar-refractivity contribution in [3.05, 3.63) is 35.4 Å². The van der Waals surface area contributed by atoms with Crippen molar-refractivity contribution in [1.29, 1.82) is 0 Å². The average molecular weight is 233 g/mol. The standard InChI is InChI=1S/C15H23NO/c1-4-7-12-8-6-9-13(10-12)15(17)14(16)11(3)5-2/h6,8-11,14H,4-5,7,16H2,1-3H3. The van der Waals surface area contributed by atoms with Gasteiger partial charge >= 0.3 is 0 Å². The molecule has 0 amide bonds. The molecule has 0 aliphatic rings. The lowest BCUT2D eigenvalue weighted by Gasteiger charge is -2.17. The van der Waals surface area contributed by atoms with Crippen LogP contribution in [0.4, 0.5) is 0 Å². The third-order valence-electron chi connectivity index (χ3n) is 3.31. The lowest BCUT2D eigenvalue weighted by Crippen LogP contribution is -2.36. The van der Waals surface area contributed by atoms with Crippen molar-refractivity contribution in [2.45, 2.75) is 46.1 Å². The Morgan fingerprint density at radius 2 is 2.06 bits per heavy atom. The van der Waals surface area contributed by atoms with E-state index in [-0.39, 0.29) is 17.7 Å². The lowest BCUT2D eigenvalue weighted by atomic mass is 9.92. The SMILES string of the molecule is CCCc1cccc(C(=O)C(N)C(C)CC)c1. The molecule has 0 radical (unpaired) electrons. The Hall–Kier alpha value is -1.15. The Balaban J connectivity index is 2.84. The van der Waals surface area contributed by atoms with Crippen LogP contribution in [-0.4, -0.2) is 11.8 Å². The summed E-state index contributed by atoms with van der Waals surface area (Å²) in [6.45, 7) is 6.23. The zero-order valence-corrected chi connectivity index (χ0v) is 11.1. The van der Waals surface area contributed by atoms with Crippen molar-refractivity contribution in [3.63, 3.8) is 0 Å². The van der Waals surface area contributed by atoms with Crippen molar-refractivity contribution in [3.8, 4) is 0 Å². The number of carbonyl (C=O) groups is 1. The lowest BCUT2D eigenvalue weighted by molar-refractivity contribution is 0.0935.